The van der Waals surface area contributed by atoms with E-state index >= 15 is 0 Å². The first-order chi connectivity index (χ1) is 25.2. The molecule has 0 amide bonds. The standard InChI is InChI=1S/C44H65N5O4/c1-9-47-43(16-10-17-43)25-53-36-33(49-37(46-27-48-49)30-14-21-45-22-15-30)23-44-26-52-24-40(36,6)34(44)12-11-31-32(44)13-18-42(8)35(38(50)51)39(5,29(4)28(2)3)19-20-41(31,42)7/h13-15,21-22,27-29,31,33-36,47H,9-12,16-20,23-26H2,1-8H3,(H,50,51)/t29-,31+,33-,34+,35-,36+,39-,40+,41-,42+,44+/m1/s1. The summed E-state index contributed by atoms with van der Waals surface area (Å²) in [6, 6.07) is 4.01. The molecule has 2 aromatic heterocycles. The van der Waals surface area contributed by atoms with Crippen molar-refractivity contribution in [3.05, 3.63) is 42.5 Å². The number of allylic oxidation sites excluding steroid dienone is 1. The lowest BCUT2D eigenvalue weighted by Gasteiger charge is -2.71. The summed E-state index contributed by atoms with van der Waals surface area (Å²) in [6.07, 6.45) is 17.2. The van der Waals surface area contributed by atoms with Crippen LogP contribution in [-0.4, -0.2) is 68.8 Å². The van der Waals surface area contributed by atoms with Gasteiger partial charge in [-0.25, -0.2) is 9.67 Å². The Morgan fingerprint density at radius 3 is 2.47 bits per heavy atom. The number of pyridine rings is 1. The van der Waals surface area contributed by atoms with E-state index in [0.717, 1.165) is 69.3 Å². The summed E-state index contributed by atoms with van der Waals surface area (Å²) in [4.78, 5) is 22.7. The van der Waals surface area contributed by atoms with Crippen LogP contribution < -0.4 is 5.32 Å². The molecular formula is C44H65N5O4. The average molecular weight is 728 g/mol. The van der Waals surface area contributed by atoms with Gasteiger partial charge in [-0.15, -0.1) is 0 Å². The van der Waals surface area contributed by atoms with Gasteiger partial charge in [0.1, 0.15) is 6.33 Å². The topological polar surface area (TPSA) is 111 Å². The molecule has 3 heterocycles. The lowest BCUT2D eigenvalue weighted by molar-refractivity contribution is -0.254. The SMILES string of the molecule is CCNC1(CO[C@H]2[C@H](n3ncnc3-c3ccncc3)C[C@@]34COC[C@@]2(C)[C@@H]3CC[C@H]2C4=CC[C@@]3(C)[C@H](C(=O)O)[C@@](C)([C@H](C)C(C)C)CC[C@]23C)CCC1. The monoisotopic (exact) mass is 728 g/mol. The minimum absolute atomic E-state index is 0.0296. The van der Waals surface area contributed by atoms with Crippen molar-refractivity contribution in [1.82, 2.24) is 25.1 Å². The molecule has 2 N–H and O–H groups in total. The van der Waals surface area contributed by atoms with Crippen LogP contribution in [0.15, 0.2) is 42.5 Å². The van der Waals surface area contributed by atoms with E-state index in [-0.39, 0.29) is 44.8 Å². The molecule has 8 rings (SSSR count). The molecule has 0 aromatic carbocycles. The molecule has 290 valence electrons. The largest absolute Gasteiger partial charge is 0.481 e. The highest BCUT2D eigenvalue weighted by Gasteiger charge is 2.72. The van der Waals surface area contributed by atoms with Crippen LogP contribution in [0, 0.1) is 56.7 Å². The van der Waals surface area contributed by atoms with Gasteiger partial charge in [0, 0.05) is 34.3 Å². The molecule has 11 atom stereocenters. The van der Waals surface area contributed by atoms with Gasteiger partial charge in [-0.2, -0.15) is 5.10 Å². The summed E-state index contributed by atoms with van der Waals surface area (Å²) in [5, 5.41) is 20.0. The Kier molecular flexibility index (Phi) is 9.13. The molecule has 2 aromatic rings. The average Bonchev–Trinajstić information content (AvgIpc) is 3.60. The van der Waals surface area contributed by atoms with E-state index < -0.39 is 11.9 Å². The number of rotatable bonds is 10. The van der Waals surface area contributed by atoms with Crippen molar-refractivity contribution in [3.63, 3.8) is 0 Å². The zero-order valence-corrected chi connectivity index (χ0v) is 33.7. The van der Waals surface area contributed by atoms with Gasteiger partial charge in [-0.1, -0.05) is 67.0 Å². The van der Waals surface area contributed by atoms with Crippen LogP contribution in [0.1, 0.15) is 119 Å². The van der Waals surface area contributed by atoms with Crippen LogP contribution >= 0.6 is 0 Å². The second-order valence-electron chi connectivity index (χ2n) is 19.8. The Labute approximate surface area is 317 Å². The molecular weight excluding hydrogens is 663 g/mol. The molecule has 9 nitrogen and oxygen atoms in total. The van der Waals surface area contributed by atoms with Gasteiger partial charge in [0.2, 0.25) is 0 Å². The van der Waals surface area contributed by atoms with Gasteiger partial charge in [0.15, 0.2) is 5.82 Å². The second-order valence-corrected chi connectivity index (χ2v) is 19.8. The minimum Gasteiger partial charge on any atom is -0.481 e. The maximum atomic E-state index is 13.6. The number of ether oxygens (including phenoxy) is 2. The fourth-order valence-corrected chi connectivity index (χ4v) is 13.9. The zero-order valence-electron chi connectivity index (χ0n) is 33.7. The summed E-state index contributed by atoms with van der Waals surface area (Å²) in [5.41, 5.74) is 1.40. The van der Waals surface area contributed by atoms with Crippen LogP contribution in [0.5, 0.6) is 0 Å². The number of nitrogens with zero attached hydrogens (tertiary/aromatic N) is 4. The van der Waals surface area contributed by atoms with Gasteiger partial charge < -0.3 is 19.9 Å². The van der Waals surface area contributed by atoms with E-state index in [1.54, 1.807) is 11.9 Å². The van der Waals surface area contributed by atoms with E-state index in [4.69, 9.17) is 19.6 Å². The molecule has 0 radical (unpaired) electrons. The number of likely N-dealkylation sites (N-methyl/N-ethyl adjacent to an activating group) is 1. The molecule has 2 bridgehead atoms. The first-order valence-corrected chi connectivity index (χ1v) is 20.9. The Balaban J connectivity index is 1.23. The fraction of sp³-hybridized carbons (Fsp3) is 0.773. The molecule has 0 unspecified atom stereocenters. The summed E-state index contributed by atoms with van der Waals surface area (Å²) < 4.78 is 16.4. The van der Waals surface area contributed by atoms with Gasteiger partial charge in [-0.3, -0.25) is 9.78 Å². The van der Waals surface area contributed by atoms with Crippen molar-refractivity contribution in [3.8, 4) is 11.4 Å². The lowest BCUT2D eigenvalue weighted by atomic mass is 9.34. The van der Waals surface area contributed by atoms with E-state index in [1.165, 1.54) is 6.42 Å². The van der Waals surface area contributed by atoms with Crippen LogP contribution in [0.25, 0.3) is 11.4 Å². The van der Waals surface area contributed by atoms with Gasteiger partial charge in [-0.05, 0) is 116 Å². The second kappa shape index (κ2) is 13.0. The number of hydrogen-bond acceptors (Lipinski definition) is 7. The first kappa shape index (κ1) is 37.3. The van der Waals surface area contributed by atoms with Gasteiger partial charge >= 0.3 is 5.97 Å². The Morgan fingerprint density at radius 1 is 1.06 bits per heavy atom. The number of carboxylic acids is 1. The number of carboxylic acid groups (broad SMARTS) is 1. The number of carbonyl (C=O) groups is 1. The van der Waals surface area contributed by atoms with Crippen molar-refractivity contribution in [2.75, 3.05) is 26.4 Å². The molecule has 53 heavy (non-hydrogen) atoms. The molecule has 0 spiro atoms. The predicted octanol–water partition coefficient (Wildman–Crippen LogP) is 8.39. The van der Waals surface area contributed by atoms with E-state index in [2.05, 4.69) is 76.4 Å². The molecule has 9 heteroatoms. The number of fused-ring (bicyclic) bond motifs is 3. The van der Waals surface area contributed by atoms with E-state index in [0.29, 0.717) is 43.5 Å². The Bertz CT molecular complexity index is 1720. The van der Waals surface area contributed by atoms with Gasteiger partial charge in [0.25, 0.3) is 0 Å². The Morgan fingerprint density at radius 2 is 1.81 bits per heavy atom. The number of nitrogens with one attached hydrogen (secondary N) is 1. The van der Waals surface area contributed by atoms with Crippen LogP contribution in [0.2, 0.25) is 0 Å². The van der Waals surface area contributed by atoms with Crippen LogP contribution in [0.4, 0.5) is 0 Å². The number of aromatic nitrogens is 4. The van der Waals surface area contributed by atoms with Crippen molar-refractivity contribution in [1.29, 1.82) is 0 Å². The molecule has 5 aliphatic carbocycles. The van der Waals surface area contributed by atoms with Crippen molar-refractivity contribution < 1.29 is 19.4 Å². The predicted molar refractivity (Wildman–Crippen MR) is 206 cm³/mol. The highest BCUT2D eigenvalue weighted by atomic mass is 16.5. The summed E-state index contributed by atoms with van der Waals surface area (Å²) in [7, 11) is 0. The third-order valence-electron chi connectivity index (χ3n) is 17.3. The Hall–Kier alpha value is -2.62. The number of hydrogen-bond donors (Lipinski definition) is 2. The highest BCUT2D eigenvalue weighted by Crippen LogP contribution is 2.75. The minimum atomic E-state index is -0.611. The molecule has 4 saturated carbocycles. The van der Waals surface area contributed by atoms with Crippen molar-refractivity contribution in [2.45, 2.75) is 131 Å². The highest BCUT2D eigenvalue weighted by molar-refractivity contribution is 5.73. The maximum absolute atomic E-state index is 13.6. The van der Waals surface area contributed by atoms with E-state index in [1.807, 2.05) is 24.5 Å². The maximum Gasteiger partial charge on any atom is 0.307 e. The lowest BCUT2D eigenvalue weighted by Crippen LogP contribution is -2.69. The van der Waals surface area contributed by atoms with Crippen molar-refractivity contribution >= 4 is 5.97 Å². The zero-order chi connectivity index (χ0) is 37.6. The molecule has 1 saturated heterocycles. The quantitative estimate of drug-likeness (QED) is 0.235. The molecule has 6 aliphatic rings. The smallest absolute Gasteiger partial charge is 0.307 e. The normalized spacial score (nSPS) is 42.1. The summed E-state index contributed by atoms with van der Waals surface area (Å²) >= 11 is 0. The fourth-order valence-electron chi connectivity index (χ4n) is 13.9. The summed E-state index contributed by atoms with van der Waals surface area (Å²) in [6.45, 7) is 21.6. The van der Waals surface area contributed by atoms with E-state index in [9.17, 15) is 9.90 Å². The van der Waals surface area contributed by atoms with Crippen LogP contribution in [-0.2, 0) is 14.3 Å². The number of aliphatic carboxylic acids is 1. The van der Waals surface area contributed by atoms with Crippen molar-refractivity contribution in [2.24, 2.45) is 56.7 Å². The first-order valence-electron chi connectivity index (χ1n) is 20.9. The molecule has 5 fully saturated rings. The third kappa shape index (κ3) is 5.24. The molecule has 1 aliphatic heterocycles. The van der Waals surface area contributed by atoms with Crippen LogP contribution in [0.3, 0.4) is 0 Å². The summed E-state index contributed by atoms with van der Waals surface area (Å²) in [5.74, 6) is 1.29. The third-order valence-corrected chi connectivity index (χ3v) is 17.3. The van der Waals surface area contributed by atoms with Gasteiger partial charge in [0.05, 0.1) is 37.9 Å².